The fourth-order valence-electron chi connectivity index (χ4n) is 1.49. The average molecular weight is 256 g/mol. The smallest absolute Gasteiger partial charge is 0.273 e. The van der Waals surface area contributed by atoms with Gasteiger partial charge in [-0.2, -0.15) is 5.10 Å². The van der Waals surface area contributed by atoms with E-state index >= 15 is 0 Å². The summed E-state index contributed by atoms with van der Waals surface area (Å²) in [5.74, 6) is -0.329. The SMILES string of the molecule is CCn1cc(N)c(C(=O)NCCC(O)COC)n1. The standard InChI is InChI=1S/C11H20N4O3/c1-3-15-6-9(12)10(14-15)11(17)13-5-4-8(16)7-18-2/h6,8,16H,3-5,7,12H2,1-2H3,(H,13,17). The summed E-state index contributed by atoms with van der Waals surface area (Å²) in [4.78, 5) is 11.8. The number of nitrogens with one attached hydrogen (secondary N) is 1. The van der Waals surface area contributed by atoms with Gasteiger partial charge in [-0.05, 0) is 13.3 Å². The molecule has 0 aromatic carbocycles. The van der Waals surface area contributed by atoms with Gasteiger partial charge in [0.1, 0.15) is 0 Å². The lowest BCUT2D eigenvalue weighted by Crippen LogP contribution is -2.29. The minimum absolute atomic E-state index is 0.220. The maximum absolute atomic E-state index is 11.8. The highest BCUT2D eigenvalue weighted by Gasteiger charge is 2.14. The summed E-state index contributed by atoms with van der Waals surface area (Å²) in [5.41, 5.74) is 6.26. The monoisotopic (exact) mass is 256 g/mol. The lowest BCUT2D eigenvalue weighted by Gasteiger charge is -2.09. The summed E-state index contributed by atoms with van der Waals surface area (Å²) in [7, 11) is 1.51. The lowest BCUT2D eigenvalue weighted by atomic mass is 10.2. The normalized spacial score (nSPS) is 12.4. The predicted molar refractivity (Wildman–Crippen MR) is 67.1 cm³/mol. The Morgan fingerprint density at radius 3 is 3.00 bits per heavy atom. The van der Waals surface area contributed by atoms with Crippen molar-refractivity contribution in [2.24, 2.45) is 0 Å². The second-order valence-corrected chi connectivity index (χ2v) is 3.94. The Labute approximate surface area is 106 Å². The van der Waals surface area contributed by atoms with Crippen molar-refractivity contribution < 1.29 is 14.6 Å². The van der Waals surface area contributed by atoms with Crippen molar-refractivity contribution >= 4 is 11.6 Å². The van der Waals surface area contributed by atoms with Crippen LogP contribution in [0.15, 0.2) is 6.20 Å². The molecule has 1 rings (SSSR count). The number of rotatable bonds is 7. The molecule has 0 aliphatic carbocycles. The quantitative estimate of drug-likeness (QED) is 0.616. The van der Waals surface area contributed by atoms with Gasteiger partial charge in [0.15, 0.2) is 5.69 Å². The molecule has 0 radical (unpaired) electrons. The van der Waals surface area contributed by atoms with Gasteiger partial charge in [-0.1, -0.05) is 0 Å². The number of nitrogens with zero attached hydrogens (tertiary/aromatic N) is 2. The van der Waals surface area contributed by atoms with Gasteiger partial charge in [-0.3, -0.25) is 9.48 Å². The number of carbonyl (C=O) groups is 1. The number of aryl methyl sites for hydroxylation is 1. The number of methoxy groups -OCH3 is 1. The van der Waals surface area contributed by atoms with Gasteiger partial charge in [0.25, 0.3) is 5.91 Å². The van der Waals surface area contributed by atoms with Crippen LogP contribution >= 0.6 is 0 Å². The first-order chi connectivity index (χ1) is 8.58. The summed E-state index contributed by atoms with van der Waals surface area (Å²) in [6, 6.07) is 0. The zero-order chi connectivity index (χ0) is 13.5. The summed E-state index contributed by atoms with van der Waals surface area (Å²) < 4.78 is 6.39. The van der Waals surface area contributed by atoms with Crippen LogP contribution in [0.3, 0.4) is 0 Å². The molecule has 0 spiro atoms. The van der Waals surface area contributed by atoms with Gasteiger partial charge in [0, 0.05) is 26.4 Å². The van der Waals surface area contributed by atoms with Crippen molar-refractivity contribution in [3.05, 3.63) is 11.9 Å². The second-order valence-electron chi connectivity index (χ2n) is 3.94. The molecule has 7 heteroatoms. The van der Waals surface area contributed by atoms with Crippen molar-refractivity contribution in [3.8, 4) is 0 Å². The van der Waals surface area contributed by atoms with Crippen LogP contribution in [0.25, 0.3) is 0 Å². The van der Waals surface area contributed by atoms with Crippen LogP contribution < -0.4 is 11.1 Å². The van der Waals surface area contributed by atoms with Crippen LogP contribution in [0.2, 0.25) is 0 Å². The van der Waals surface area contributed by atoms with E-state index in [1.165, 1.54) is 7.11 Å². The zero-order valence-corrected chi connectivity index (χ0v) is 10.7. The number of ether oxygens (including phenoxy) is 1. The molecule has 0 fully saturated rings. The van der Waals surface area contributed by atoms with E-state index in [1.54, 1.807) is 10.9 Å². The number of amides is 1. The zero-order valence-electron chi connectivity index (χ0n) is 10.7. The number of carbonyl (C=O) groups excluding carboxylic acids is 1. The Hall–Kier alpha value is -1.60. The Bertz CT molecular complexity index is 392. The number of hydrogen-bond donors (Lipinski definition) is 3. The maximum Gasteiger partial charge on any atom is 0.273 e. The van der Waals surface area contributed by atoms with Crippen molar-refractivity contribution in [3.63, 3.8) is 0 Å². The highest BCUT2D eigenvalue weighted by atomic mass is 16.5. The maximum atomic E-state index is 11.8. The van der Waals surface area contributed by atoms with E-state index in [1.807, 2.05) is 6.92 Å². The van der Waals surface area contributed by atoms with Crippen molar-refractivity contribution in [2.75, 3.05) is 26.0 Å². The molecule has 102 valence electrons. The molecular formula is C11H20N4O3. The first-order valence-electron chi connectivity index (χ1n) is 5.86. The van der Waals surface area contributed by atoms with Crippen LogP contribution in [-0.2, 0) is 11.3 Å². The molecule has 0 saturated carbocycles. The average Bonchev–Trinajstić information content (AvgIpc) is 2.71. The predicted octanol–water partition coefficient (Wildman–Crippen LogP) is -0.388. The Kier molecular flexibility index (Phi) is 5.60. The topological polar surface area (TPSA) is 102 Å². The molecule has 1 atom stereocenters. The fourth-order valence-corrected chi connectivity index (χ4v) is 1.49. The number of hydrogen-bond acceptors (Lipinski definition) is 5. The van der Waals surface area contributed by atoms with Gasteiger partial charge in [0.2, 0.25) is 0 Å². The van der Waals surface area contributed by atoms with Crippen molar-refractivity contribution in [1.29, 1.82) is 0 Å². The molecule has 1 aromatic rings. The Morgan fingerprint density at radius 2 is 2.44 bits per heavy atom. The number of aromatic nitrogens is 2. The van der Waals surface area contributed by atoms with Gasteiger partial charge < -0.3 is 20.9 Å². The highest BCUT2D eigenvalue weighted by Crippen LogP contribution is 2.08. The molecule has 0 aliphatic rings. The number of nitrogens with two attached hydrogens (primary N) is 1. The third-order valence-corrected chi connectivity index (χ3v) is 2.45. The number of anilines is 1. The Morgan fingerprint density at radius 1 is 1.72 bits per heavy atom. The van der Waals surface area contributed by atoms with E-state index in [4.69, 9.17) is 10.5 Å². The first kappa shape index (κ1) is 14.5. The molecule has 18 heavy (non-hydrogen) atoms. The molecular weight excluding hydrogens is 236 g/mol. The minimum atomic E-state index is -0.583. The van der Waals surface area contributed by atoms with Crippen LogP contribution in [-0.4, -0.2) is 47.2 Å². The summed E-state index contributed by atoms with van der Waals surface area (Å²) in [6.45, 7) is 3.17. The van der Waals surface area contributed by atoms with Gasteiger partial charge in [-0.25, -0.2) is 0 Å². The van der Waals surface area contributed by atoms with E-state index in [0.717, 1.165) is 0 Å². The molecule has 0 aliphatic heterocycles. The third kappa shape index (κ3) is 4.01. The molecule has 0 saturated heterocycles. The summed E-state index contributed by atoms with van der Waals surface area (Å²) in [6.07, 6.45) is 1.46. The van der Waals surface area contributed by atoms with E-state index in [9.17, 15) is 9.90 Å². The van der Waals surface area contributed by atoms with E-state index in [0.29, 0.717) is 25.2 Å². The lowest BCUT2D eigenvalue weighted by molar-refractivity contribution is 0.0587. The van der Waals surface area contributed by atoms with Crippen molar-refractivity contribution in [2.45, 2.75) is 26.0 Å². The molecule has 1 amide bonds. The third-order valence-electron chi connectivity index (χ3n) is 2.45. The first-order valence-corrected chi connectivity index (χ1v) is 5.86. The van der Waals surface area contributed by atoms with E-state index < -0.39 is 6.10 Å². The summed E-state index contributed by atoms with van der Waals surface area (Å²) in [5, 5.41) is 16.1. The molecule has 1 unspecified atom stereocenters. The molecule has 1 aromatic heterocycles. The number of aliphatic hydroxyl groups is 1. The molecule has 0 bridgehead atoms. The Balaban J connectivity index is 2.43. The van der Waals surface area contributed by atoms with E-state index in [-0.39, 0.29) is 18.2 Å². The number of nitrogen functional groups attached to an aromatic ring is 1. The molecule has 4 N–H and O–H groups in total. The van der Waals surface area contributed by atoms with Crippen LogP contribution in [0, 0.1) is 0 Å². The molecule has 7 nitrogen and oxygen atoms in total. The second kappa shape index (κ2) is 6.97. The van der Waals surface area contributed by atoms with Gasteiger partial charge in [0.05, 0.1) is 18.4 Å². The summed E-state index contributed by atoms with van der Waals surface area (Å²) >= 11 is 0. The van der Waals surface area contributed by atoms with Crippen LogP contribution in [0.4, 0.5) is 5.69 Å². The van der Waals surface area contributed by atoms with Crippen molar-refractivity contribution in [1.82, 2.24) is 15.1 Å². The molecule has 1 heterocycles. The minimum Gasteiger partial charge on any atom is -0.396 e. The highest BCUT2D eigenvalue weighted by molar-refractivity contribution is 5.96. The van der Waals surface area contributed by atoms with Gasteiger partial charge >= 0.3 is 0 Å². The number of aliphatic hydroxyl groups excluding tert-OH is 1. The van der Waals surface area contributed by atoms with Gasteiger partial charge in [-0.15, -0.1) is 0 Å². The van der Waals surface area contributed by atoms with Crippen LogP contribution in [0.5, 0.6) is 0 Å². The largest absolute Gasteiger partial charge is 0.396 e. The van der Waals surface area contributed by atoms with E-state index in [2.05, 4.69) is 10.4 Å². The van der Waals surface area contributed by atoms with Crippen LogP contribution in [0.1, 0.15) is 23.8 Å². The fraction of sp³-hybridized carbons (Fsp3) is 0.636.